The molecule has 27 heavy (non-hydrogen) atoms. The van der Waals surface area contributed by atoms with Crippen LogP contribution in [0.15, 0.2) is 35.4 Å². The number of carbonyl (C=O) groups is 1. The maximum absolute atomic E-state index is 12.8. The van der Waals surface area contributed by atoms with Crippen molar-refractivity contribution in [3.05, 3.63) is 40.9 Å². The van der Waals surface area contributed by atoms with E-state index in [1.54, 1.807) is 6.07 Å². The molecule has 0 aliphatic carbocycles. The number of likely N-dealkylation sites (N-methyl/N-ethyl adjacent to an activating group) is 1. The molecular formula is C21H28N4O2. The van der Waals surface area contributed by atoms with Gasteiger partial charge in [0.1, 0.15) is 6.54 Å². The Kier molecular flexibility index (Phi) is 5.25. The monoisotopic (exact) mass is 368 g/mol. The van der Waals surface area contributed by atoms with Crippen molar-refractivity contribution in [2.45, 2.75) is 44.7 Å². The zero-order chi connectivity index (χ0) is 18.8. The number of carbonyl (C=O) groups excluding carboxylic acids is 1. The third kappa shape index (κ3) is 3.76. The lowest BCUT2D eigenvalue weighted by Crippen LogP contribution is -2.51. The number of hydrogen-bond acceptors (Lipinski definition) is 4. The number of fused-ring (bicyclic) bond motifs is 2. The fourth-order valence-electron chi connectivity index (χ4n) is 4.73. The van der Waals surface area contributed by atoms with Gasteiger partial charge in [-0.2, -0.15) is 0 Å². The van der Waals surface area contributed by atoms with Crippen molar-refractivity contribution in [1.29, 1.82) is 0 Å². The van der Waals surface area contributed by atoms with Crippen molar-refractivity contribution in [3.63, 3.8) is 0 Å². The fraction of sp³-hybridized carbons (Fsp3) is 0.571. The Balaban J connectivity index is 1.43. The average molecular weight is 368 g/mol. The van der Waals surface area contributed by atoms with Crippen LogP contribution < -0.4 is 5.56 Å². The van der Waals surface area contributed by atoms with Crippen LogP contribution >= 0.6 is 0 Å². The molecular weight excluding hydrogens is 340 g/mol. The third-order valence-corrected chi connectivity index (χ3v) is 6.20. The number of hydrogen-bond donors (Lipinski definition) is 0. The molecule has 3 heterocycles. The van der Waals surface area contributed by atoms with Crippen molar-refractivity contribution < 1.29 is 4.79 Å². The van der Waals surface area contributed by atoms with E-state index in [4.69, 9.17) is 0 Å². The van der Waals surface area contributed by atoms with E-state index in [1.165, 1.54) is 56.1 Å². The molecule has 2 unspecified atom stereocenters. The summed E-state index contributed by atoms with van der Waals surface area (Å²) in [7, 11) is 1.86. The van der Waals surface area contributed by atoms with Crippen LogP contribution in [-0.4, -0.2) is 58.0 Å². The molecule has 6 nitrogen and oxygen atoms in total. The van der Waals surface area contributed by atoms with E-state index in [0.717, 1.165) is 6.54 Å². The van der Waals surface area contributed by atoms with Gasteiger partial charge in [-0.1, -0.05) is 18.6 Å². The summed E-state index contributed by atoms with van der Waals surface area (Å²) in [5, 5.41) is 0.556. The van der Waals surface area contributed by atoms with Crippen molar-refractivity contribution in [2.24, 2.45) is 5.92 Å². The molecule has 0 saturated carbocycles. The normalized spacial score (nSPS) is 23.1. The van der Waals surface area contributed by atoms with Gasteiger partial charge in [-0.3, -0.25) is 14.2 Å². The Hall–Kier alpha value is -2.21. The molecule has 2 aliphatic heterocycles. The Labute approximate surface area is 159 Å². The largest absolute Gasteiger partial charge is 0.344 e. The topological polar surface area (TPSA) is 58.4 Å². The maximum Gasteiger partial charge on any atom is 0.261 e. The Bertz CT molecular complexity index is 876. The summed E-state index contributed by atoms with van der Waals surface area (Å²) in [5.74, 6) is 0.515. The van der Waals surface area contributed by atoms with Gasteiger partial charge in [0.25, 0.3) is 5.56 Å². The number of nitrogens with zero attached hydrogens (tertiary/aromatic N) is 4. The average Bonchev–Trinajstić information content (AvgIpc) is 2.70. The van der Waals surface area contributed by atoms with Crippen LogP contribution in [-0.2, 0) is 11.3 Å². The van der Waals surface area contributed by atoms with Gasteiger partial charge in [0.05, 0.1) is 17.2 Å². The first kappa shape index (κ1) is 18.2. The Morgan fingerprint density at radius 1 is 1.19 bits per heavy atom. The summed E-state index contributed by atoms with van der Waals surface area (Å²) < 4.78 is 1.43. The summed E-state index contributed by atoms with van der Waals surface area (Å²) >= 11 is 0. The van der Waals surface area contributed by atoms with E-state index in [-0.39, 0.29) is 18.0 Å². The molecule has 2 saturated heterocycles. The van der Waals surface area contributed by atoms with Gasteiger partial charge >= 0.3 is 0 Å². The highest BCUT2D eigenvalue weighted by atomic mass is 16.2. The van der Waals surface area contributed by atoms with E-state index in [2.05, 4.69) is 9.88 Å². The molecule has 4 rings (SSSR count). The predicted molar refractivity (Wildman–Crippen MR) is 106 cm³/mol. The van der Waals surface area contributed by atoms with Gasteiger partial charge in [0.15, 0.2) is 0 Å². The summed E-state index contributed by atoms with van der Waals surface area (Å²) in [4.78, 5) is 34.1. The Morgan fingerprint density at radius 2 is 2.00 bits per heavy atom. The van der Waals surface area contributed by atoms with E-state index in [0.29, 0.717) is 22.9 Å². The Morgan fingerprint density at radius 3 is 2.89 bits per heavy atom. The zero-order valence-electron chi connectivity index (χ0n) is 16.0. The molecule has 6 heteroatoms. The fourth-order valence-corrected chi connectivity index (χ4v) is 4.73. The van der Waals surface area contributed by atoms with Crippen LogP contribution in [0.5, 0.6) is 0 Å². The molecule has 2 atom stereocenters. The molecule has 0 radical (unpaired) electrons. The van der Waals surface area contributed by atoms with Crippen molar-refractivity contribution in [2.75, 3.05) is 26.7 Å². The minimum atomic E-state index is -0.154. The molecule has 2 aromatic rings. The number of amides is 1. The molecule has 0 N–H and O–H groups in total. The standard InChI is InChI=1S/C21H28N4O2/c1-23(13-16-7-6-12-24-11-5-4-10-19(16)24)20(26)14-25-15-22-18-9-3-2-8-17(18)21(25)27/h2-3,8-9,15-16,19H,4-7,10-14H2,1H3. The van der Waals surface area contributed by atoms with Crippen LogP contribution in [0.1, 0.15) is 32.1 Å². The highest BCUT2D eigenvalue weighted by molar-refractivity contribution is 5.78. The van der Waals surface area contributed by atoms with Crippen molar-refractivity contribution in [3.8, 4) is 0 Å². The molecule has 2 fully saturated rings. The zero-order valence-corrected chi connectivity index (χ0v) is 16.0. The first-order valence-corrected chi connectivity index (χ1v) is 10.1. The third-order valence-electron chi connectivity index (χ3n) is 6.20. The van der Waals surface area contributed by atoms with Crippen LogP contribution in [0.4, 0.5) is 0 Å². The summed E-state index contributed by atoms with van der Waals surface area (Å²) in [6.07, 6.45) is 7.75. The quantitative estimate of drug-likeness (QED) is 0.829. The van der Waals surface area contributed by atoms with Gasteiger partial charge < -0.3 is 9.80 Å². The van der Waals surface area contributed by atoms with Crippen molar-refractivity contribution in [1.82, 2.24) is 19.4 Å². The van der Waals surface area contributed by atoms with Gasteiger partial charge in [-0.25, -0.2) is 4.98 Å². The van der Waals surface area contributed by atoms with Gasteiger partial charge in [-0.05, 0) is 56.8 Å². The lowest BCUT2D eigenvalue weighted by molar-refractivity contribution is -0.131. The van der Waals surface area contributed by atoms with E-state index in [9.17, 15) is 9.59 Å². The summed E-state index contributed by atoms with van der Waals surface area (Å²) in [6, 6.07) is 7.87. The molecule has 0 spiro atoms. The molecule has 2 aliphatic rings. The first-order chi connectivity index (χ1) is 13.1. The summed E-state index contributed by atoms with van der Waals surface area (Å²) in [6.45, 7) is 3.23. The lowest BCUT2D eigenvalue weighted by Gasteiger charge is -2.45. The maximum atomic E-state index is 12.8. The molecule has 1 amide bonds. The van der Waals surface area contributed by atoms with Crippen LogP contribution in [0, 0.1) is 5.92 Å². The van der Waals surface area contributed by atoms with Crippen LogP contribution in [0.3, 0.4) is 0 Å². The highest BCUT2D eigenvalue weighted by Gasteiger charge is 2.34. The SMILES string of the molecule is CN(CC1CCCN2CCCCC12)C(=O)Cn1cnc2ccccc2c1=O. The van der Waals surface area contributed by atoms with Gasteiger partial charge in [0, 0.05) is 19.6 Å². The summed E-state index contributed by atoms with van der Waals surface area (Å²) in [5.41, 5.74) is 0.512. The molecule has 1 aromatic carbocycles. The highest BCUT2D eigenvalue weighted by Crippen LogP contribution is 2.31. The van der Waals surface area contributed by atoms with Crippen LogP contribution in [0.2, 0.25) is 0 Å². The number of benzene rings is 1. The molecule has 1 aromatic heterocycles. The second-order valence-electron chi connectivity index (χ2n) is 7.97. The number of aromatic nitrogens is 2. The molecule has 0 bridgehead atoms. The second kappa shape index (κ2) is 7.80. The first-order valence-electron chi connectivity index (χ1n) is 10.1. The van der Waals surface area contributed by atoms with Crippen molar-refractivity contribution >= 4 is 16.8 Å². The number of para-hydroxylation sites is 1. The number of piperidine rings is 2. The lowest BCUT2D eigenvalue weighted by atomic mass is 9.83. The minimum Gasteiger partial charge on any atom is -0.344 e. The van der Waals surface area contributed by atoms with Gasteiger partial charge in [0.2, 0.25) is 5.91 Å². The van der Waals surface area contributed by atoms with Crippen LogP contribution in [0.25, 0.3) is 10.9 Å². The smallest absolute Gasteiger partial charge is 0.261 e. The van der Waals surface area contributed by atoms with E-state index >= 15 is 0 Å². The second-order valence-corrected chi connectivity index (χ2v) is 7.97. The van der Waals surface area contributed by atoms with E-state index in [1.807, 2.05) is 30.1 Å². The minimum absolute atomic E-state index is 0.0258. The van der Waals surface area contributed by atoms with E-state index < -0.39 is 0 Å². The molecule has 144 valence electrons. The predicted octanol–water partition coefficient (Wildman–Crippen LogP) is 2.12. The van der Waals surface area contributed by atoms with Gasteiger partial charge in [-0.15, -0.1) is 0 Å². The number of rotatable bonds is 4.